The van der Waals surface area contributed by atoms with Gasteiger partial charge in [-0.25, -0.2) is 4.98 Å². The number of oxazole rings is 1. The normalized spacial score (nSPS) is 26.1. The molecule has 0 aliphatic carbocycles. The molecule has 194 valence electrons. The molecule has 2 aromatic rings. The highest BCUT2D eigenvalue weighted by Gasteiger charge is 2.30. The van der Waals surface area contributed by atoms with E-state index in [1.807, 2.05) is 32.0 Å². The number of hydrogen-bond donors (Lipinski definition) is 1. The molecular formula is C27H37N5O3S. The van der Waals surface area contributed by atoms with Gasteiger partial charge < -0.3 is 19.4 Å². The van der Waals surface area contributed by atoms with Gasteiger partial charge in [-0.1, -0.05) is 30.3 Å². The van der Waals surface area contributed by atoms with Gasteiger partial charge in [0.25, 0.3) is 0 Å². The zero-order chi connectivity index (χ0) is 24.9. The standard InChI is InChI=1S/C27H37N5O3S/c1-19-24(21-7-4-3-5-8-21)30-26(35-19)22-9-14-32(15-10-22)27-28-13-6-18-36(33)20(2)25(31-27)29-23-11-16-34-17-12-23/h3-5,7-8,20,22-23H,6,9-18H2,1-2H3,(H,28,29,31). The average Bonchev–Trinajstić information content (AvgIpc) is 3.33. The second-order valence-electron chi connectivity index (χ2n) is 9.85. The lowest BCUT2D eigenvalue weighted by molar-refractivity contribution is 0.0870. The van der Waals surface area contributed by atoms with Gasteiger partial charge in [0, 0.05) is 60.9 Å². The minimum Gasteiger partial charge on any atom is -0.445 e. The molecular weight excluding hydrogens is 474 g/mol. The van der Waals surface area contributed by atoms with Crippen molar-refractivity contribution in [2.45, 2.75) is 63.2 Å². The zero-order valence-corrected chi connectivity index (χ0v) is 22.1. The molecule has 4 heterocycles. The second kappa shape index (κ2) is 11.7. The number of amidine groups is 1. The Morgan fingerprint density at radius 2 is 1.86 bits per heavy atom. The van der Waals surface area contributed by atoms with E-state index in [1.54, 1.807) is 0 Å². The summed E-state index contributed by atoms with van der Waals surface area (Å²) in [6.45, 7) is 7.88. The number of aryl methyl sites for hydroxylation is 1. The number of ether oxygens (including phenoxy) is 1. The summed E-state index contributed by atoms with van der Waals surface area (Å²) in [5.41, 5.74) is 2.03. The van der Waals surface area contributed by atoms with Crippen molar-refractivity contribution in [3.8, 4) is 11.3 Å². The molecule has 1 aromatic heterocycles. The Balaban J connectivity index is 1.28. The highest BCUT2D eigenvalue weighted by atomic mass is 32.2. The van der Waals surface area contributed by atoms with Gasteiger partial charge in [0.05, 0.1) is 11.3 Å². The van der Waals surface area contributed by atoms with Crippen molar-refractivity contribution < 1.29 is 13.4 Å². The third kappa shape index (κ3) is 5.89. The van der Waals surface area contributed by atoms with Gasteiger partial charge in [0.2, 0.25) is 0 Å². The maximum atomic E-state index is 12.9. The lowest BCUT2D eigenvalue weighted by atomic mass is 9.97. The maximum absolute atomic E-state index is 12.9. The van der Waals surface area contributed by atoms with Crippen LogP contribution in [0.1, 0.15) is 56.6 Å². The molecule has 3 aliphatic heterocycles. The Morgan fingerprint density at radius 1 is 1.11 bits per heavy atom. The van der Waals surface area contributed by atoms with Crippen LogP contribution < -0.4 is 5.32 Å². The molecule has 1 N–H and O–H groups in total. The van der Waals surface area contributed by atoms with Crippen LogP contribution in [-0.4, -0.2) is 75.8 Å². The number of benzene rings is 1. The Hall–Kier alpha value is -2.52. The number of likely N-dealkylation sites (tertiary alicyclic amines) is 1. The van der Waals surface area contributed by atoms with Crippen molar-refractivity contribution >= 4 is 22.6 Å². The molecule has 0 bridgehead atoms. The molecule has 9 heteroatoms. The SMILES string of the molecule is Cc1oc(C2CCN(C3=NCCCS(=O)C(C)C(=NC4CCOCC4)N3)CC2)nc1-c1ccccc1. The summed E-state index contributed by atoms with van der Waals surface area (Å²) < 4.78 is 24.5. The topological polar surface area (TPSA) is 92.3 Å². The van der Waals surface area contributed by atoms with Crippen molar-refractivity contribution in [3.63, 3.8) is 0 Å². The smallest absolute Gasteiger partial charge is 0.199 e. The van der Waals surface area contributed by atoms with Gasteiger partial charge >= 0.3 is 0 Å². The van der Waals surface area contributed by atoms with Crippen molar-refractivity contribution in [1.82, 2.24) is 15.2 Å². The number of nitrogens with zero attached hydrogens (tertiary/aromatic N) is 4. The van der Waals surface area contributed by atoms with Crippen LogP contribution in [0.2, 0.25) is 0 Å². The molecule has 2 atom stereocenters. The summed E-state index contributed by atoms with van der Waals surface area (Å²) in [6, 6.07) is 10.4. The first-order valence-corrected chi connectivity index (χ1v) is 14.6. The number of aromatic nitrogens is 1. The molecule has 0 radical (unpaired) electrons. The van der Waals surface area contributed by atoms with E-state index in [0.717, 1.165) is 93.1 Å². The van der Waals surface area contributed by atoms with Crippen LogP contribution in [0.25, 0.3) is 11.3 Å². The molecule has 3 aliphatic rings. The van der Waals surface area contributed by atoms with Crippen LogP contribution in [0.5, 0.6) is 0 Å². The quantitative estimate of drug-likeness (QED) is 0.672. The molecule has 8 nitrogen and oxygen atoms in total. The number of piperidine rings is 1. The lowest BCUT2D eigenvalue weighted by Crippen LogP contribution is -2.50. The Morgan fingerprint density at radius 3 is 2.61 bits per heavy atom. The molecule has 2 saturated heterocycles. The van der Waals surface area contributed by atoms with E-state index in [9.17, 15) is 4.21 Å². The molecule has 36 heavy (non-hydrogen) atoms. The van der Waals surface area contributed by atoms with Crippen molar-refractivity contribution in [1.29, 1.82) is 0 Å². The van der Waals surface area contributed by atoms with E-state index < -0.39 is 10.8 Å². The summed E-state index contributed by atoms with van der Waals surface area (Å²) in [4.78, 5) is 17.1. The zero-order valence-electron chi connectivity index (χ0n) is 21.3. The number of hydrogen-bond acceptors (Lipinski definition) is 7. The Labute approximate surface area is 216 Å². The highest BCUT2D eigenvalue weighted by molar-refractivity contribution is 7.86. The maximum Gasteiger partial charge on any atom is 0.199 e. The fourth-order valence-electron chi connectivity index (χ4n) is 5.07. The fraction of sp³-hybridized carbons (Fsp3) is 0.593. The van der Waals surface area contributed by atoms with E-state index in [-0.39, 0.29) is 17.2 Å². The van der Waals surface area contributed by atoms with E-state index in [2.05, 4.69) is 22.3 Å². The minimum absolute atomic E-state index is 0.139. The van der Waals surface area contributed by atoms with Gasteiger partial charge in [-0.3, -0.25) is 14.2 Å². The summed E-state index contributed by atoms with van der Waals surface area (Å²) in [5.74, 6) is 4.31. The van der Waals surface area contributed by atoms with Crippen LogP contribution in [-0.2, 0) is 15.5 Å². The lowest BCUT2D eigenvalue weighted by Gasteiger charge is -2.34. The Kier molecular flexibility index (Phi) is 8.16. The van der Waals surface area contributed by atoms with Crippen molar-refractivity contribution in [3.05, 3.63) is 42.0 Å². The van der Waals surface area contributed by atoms with E-state index >= 15 is 0 Å². The number of aliphatic imine (C=N–C) groups is 2. The van der Waals surface area contributed by atoms with Crippen molar-refractivity contribution in [2.24, 2.45) is 9.98 Å². The van der Waals surface area contributed by atoms with Crippen LogP contribution in [0.15, 0.2) is 44.7 Å². The van der Waals surface area contributed by atoms with Gasteiger partial charge in [0.1, 0.15) is 17.3 Å². The van der Waals surface area contributed by atoms with E-state index in [4.69, 9.17) is 24.1 Å². The molecule has 2 fully saturated rings. The monoisotopic (exact) mass is 511 g/mol. The number of guanidine groups is 1. The number of rotatable bonds is 3. The van der Waals surface area contributed by atoms with Gasteiger partial charge in [0.15, 0.2) is 11.9 Å². The molecule has 0 amide bonds. The van der Waals surface area contributed by atoms with Crippen LogP contribution >= 0.6 is 0 Å². The van der Waals surface area contributed by atoms with E-state index in [1.165, 1.54) is 0 Å². The predicted octanol–water partition coefficient (Wildman–Crippen LogP) is 3.89. The molecule has 0 spiro atoms. The fourth-order valence-corrected chi connectivity index (χ4v) is 6.21. The van der Waals surface area contributed by atoms with Crippen LogP contribution in [0, 0.1) is 6.92 Å². The molecule has 1 aromatic carbocycles. The highest BCUT2D eigenvalue weighted by Crippen LogP contribution is 2.32. The first kappa shape index (κ1) is 25.1. The van der Waals surface area contributed by atoms with Crippen LogP contribution in [0.3, 0.4) is 0 Å². The summed E-state index contributed by atoms with van der Waals surface area (Å²) >= 11 is 0. The summed E-state index contributed by atoms with van der Waals surface area (Å²) in [5, 5.41) is 3.40. The third-order valence-electron chi connectivity index (χ3n) is 7.30. The first-order chi connectivity index (χ1) is 17.6. The largest absolute Gasteiger partial charge is 0.445 e. The Bertz CT molecular complexity index is 1100. The van der Waals surface area contributed by atoms with Crippen LogP contribution in [0.4, 0.5) is 0 Å². The third-order valence-corrected chi connectivity index (χ3v) is 9.00. The second-order valence-corrected chi connectivity index (χ2v) is 11.7. The molecule has 5 rings (SSSR count). The van der Waals surface area contributed by atoms with E-state index in [0.29, 0.717) is 12.3 Å². The van der Waals surface area contributed by atoms with Gasteiger partial charge in [-0.05, 0) is 46.0 Å². The predicted molar refractivity (Wildman–Crippen MR) is 144 cm³/mol. The molecule has 0 saturated carbocycles. The summed E-state index contributed by atoms with van der Waals surface area (Å²) in [7, 11) is -0.962. The van der Waals surface area contributed by atoms with Crippen molar-refractivity contribution in [2.75, 3.05) is 38.6 Å². The van der Waals surface area contributed by atoms with Gasteiger partial charge in [-0.2, -0.15) is 0 Å². The minimum atomic E-state index is -0.962. The molecule has 2 unspecified atom stereocenters. The van der Waals surface area contributed by atoms with Gasteiger partial charge in [-0.15, -0.1) is 0 Å². The first-order valence-electron chi connectivity index (χ1n) is 13.2. The number of nitrogens with one attached hydrogen (secondary N) is 1. The average molecular weight is 512 g/mol. The summed E-state index contributed by atoms with van der Waals surface area (Å²) in [6.07, 6.45) is 4.53.